The number of halogens is 1. The average molecular weight is 346 g/mol. The van der Waals surface area contributed by atoms with E-state index in [1.165, 1.54) is 12.7 Å². The van der Waals surface area contributed by atoms with E-state index in [9.17, 15) is 0 Å². The molecule has 0 spiro atoms. The van der Waals surface area contributed by atoms with Gasteiger partial charge in [-0.25, -0.2) is 9.97 Å². The SMILES string of the molecule is C=C[C@@]12CC[C@@H]1C[C@@]1(n3ccc4c(Cl)ncnc43)OC(C)(C)O[C@H]21. The number of rotatable bonds is 2. The summed E-state index contributed by atoms with van der Waals surface area (Å²) in [4.78, 5) is 8.56. The monoisotopic (exact) mass is 345 g/mol. The topological polar surface area (TPSA) is 49.2 Å². The molecule has 1 aliphatic heterocycles. The second-order valence-electron chi connectivity index (χ2n) is 7.69. The van der Waals surface area contributed by atoms with Crippen LogP contribution in [0.3, 0.4) is 0 Å². The first kappa shape index (κ1) is 14.9. The molecule has 6 heteroatoms. The van der Waals surface area contributed by atoms with Crippen molar-refractivity contribution in [3.8, 4) is 0 Å². The lowest BCUT2D eigenvalue weighted by Crippen LogP contribution is -2.47. The Bertz CT molecular complexity index is 863. The largest absolute Gasteiger partial charge is 0.341 e. The highest BCUT2D eigenvalue weighted by atomic mass is 35.5. The van der Waals surface area contributed by atoms with Gasteiger partial charge in [-0.2, -0.15) is 0 Å². The summed E-state index contributed by atoms with van der Waals surface area (Å²) in [6.45, 7) is 8.08. The molecule has 3 aliphatic rings. The number of hydrogen-bond acceptors (Lipinski definition) is 4. The molecule has 0 aromatic carbocycles. The lowest BCUT2D eigenvalue weighted by Gasteiger charge is -2.45. The fourth-order valence-corrected chi connectivity index (χ4v) is 5.30. The van der Waals surface area contributed by atoms with Gasteiger partial charge in [-0.05, 0) is 38.7 Å². The maximum Gasteiger partial charge on any atom is 0.177 e. The van der Waals surface area contributed by atoms with Crippen LogP contribution in [0.25, 0.3) is 11.0 Å². The third kappa shape index (κ3) is 1.58. The van der Waals surface area contributed by atoms with Gasteiger partial charge in [0.1, 0.15) is 23.2 Å². The number of nitrogens with zero attached hydrogens (tertiary/aromatic N) is 3. The summed E-state index contributed by atoms with van der Waals surface area (Å²) in [7, 11) is 0. The Morgan fingerprint density at radius 3 is 2.96 bits per heavy atom. The number of hydrogen-bond donors (Lipinski definition) is 0. The summed E-state index contributed by atoms with van der Waals surface area (Å²) < 4.78 is 15.1. The molecule has 3 heterocycles. The van der Waals surface area contributed by atoms with Crippen LogP contribution >= 0.6 is 11.6 Å². The molecule has 2 aromatic heterocycles. The van der Waals surface area contributed by atoms with E-state index in [1.54, 1.807) is 0 Å². The van der Waals surface area contributed by atoms with Crippen molar-refractivity contribution in [2.75, 3.05) is 0 Å². The smallest absolute Gasteiger partial charge is 0.177 e. The van der Waals surface area contributed by atoms with Crippen LogP contribution in [0.2, 0.25) is 5.15 Å². The zero-order valence-electron chi connectivity index (χ0n) is 13.8. The molecule has 2 aromatic rings. The van der Waals surface area contributed by atoms with Crippen LogP contribution in [0.5, 0.6) is 0 Å². The van der Waals surface area contributed by atoms with Crippen LogP contribution in [-0.4, -0.2) is 26.4 Å². The predicted molar refractivity (Wildman–Crippen MR) is 90.5 cm³/mol. The van der Waals surface area contributed by atoms with E-state index in [2.05, 4.69) is 27.2 Å². The summed E-state index contributed by atoms with van der Waals surface area (Å²) in [6.07, 6.45) is 8.71. The molecule has 126 valence electrons. The van der Waals surface area contributed by atoms with Crippen LogP contribution in [-0.2, 0) is 15.2 Å². The summed E-state index contributed by atoms with van der Waals surface area (Å²) in [6, 6.07) is 1.96. The van der Waals surface area contributed by atoms with Crippen molar-refractivity contribution in [1.82, 2.24) is 14.5 Å². The second kappa shape index (κ2) is 4.40. The summed E-state index contributed by atoms with van der Waals surface area (Å²) in [5, 5.41) is 1.30. The molecular formula is C18H20ClN3O2. The van der Waals surface area contributed by atoms with Crippen LogP contribution in [0.1, 0.15) is 33.1 Å². The Morgan fingerprint density at radius 2 is 2.25 bits per heavy atom. The molecule has 4 atom stereocenters. The maximum atomic E-state index is 6.55. The van der Waals surface area contributed by atoms with Crippen molar-refractivity contribution in [2.24, 2.45) is 11.3 Å². The van der Waals surface area contributed by atoms with Crippen molar-refractivity contribution >= 4 is 22.6 Å². The van der Waals surface area contributed by atoms with Gasteiger partial charge in [-0.15, -0.1) is 6.58 Å². The Kier molecular flexibility index (Phi) is 2.72. The van der Waals surface area contributed by atoms with Gasteiger partial charge in [0.15, 0.2) is 11.5 Å². The van der Waals surface area contributed by atoms with Gasteiger partial charge < -0.3 is 14.0 Å². The zero-order valence-corrected chi connectivity index (χ0v) is 14.6. The van der Waals surface area contributed by atoms with Crippen molar-refractivity contribution < 1.29 is 9.47 Å². The van der Waals surface area contributed by atoms with Crippen LogP contribution in [0, 0.1) is 11.3 Å². The minimum absolute atomic E-state index is 0.0127. The van der Waals surface area contributed by atoms with E-state index in [-0.39, 0.29) is 11.5 Å². The molecule has 5 rings (SSSR count). The summed E-state index contributed by atoms with van der Waals surface area (Å²) >= 11 is 6.25. The highest BCUT2D eigenvalue weighted by molar-refractivity contribution is 6.33. The molecule has 0 N–H and O–H groups in total. The fourth-order valence-electron chi connectivity index (χ4n) is 5.11. The number of fused-ring (bicyclic) bond motifs is 4. The molecule has 1 saturated heterocycles. The maximum absolute atomic E-state index is 6.55. The Balaban J connectivity index is 1.75. The Morgan fingerprint density at radius 1 is 1.42 bits per heavy atom. The Labute approximate surface area is 145 Å². The average Bonchev–Trinajstić information content (AvgIpc) is 3.10. The molecule has 0 bridgehead atoms. The molecule has 2 aliphatic carbocycles. The van der Waals surface area contributed by atoms with Gasteiger partial charge in [0.2, 0.25) is 0 Å². The lowest BCUT2D eigenvalue weighted by molar-refractivity contribution is -0.198. The third-order valence-electron chi connectivity index (χ3n) is 6.17. The predicted octanol–water partition coefficient (Wildman–Crippen LogP) is 3.88. The molecule has 5 nitrogen and oxygen atoms in total. The van der Waals surface area contributed by atoms with E-state index < -0.39 is 11.5 Å². The first-order chi connectivity index (χ1) is 11.4. The van der Waals surface area contributed by atoms with Crippen molar-refractivity contribution in [3.63, 3.8) is 0 Å². The molecule has 24 heavy (non-hydrogen) atoms. The number of aromatic nitrogens is 3. The number of ether oxygens (including phenoxy) is 2. The van der Waals surface area contributed by atoms with Gasteiger partial charge in [0, 0.05) is 18.0 Å². The van der Waals surface area contributed by atoms with Crippen molar-refractivity contribution in [1.29, 1.82) is 0 Å². The Hall–Kier alpha value is -1.43. The van der Waals surface area contributed by atoms with Gasteiger partial charge in [0.25, 0.3) is 0 Å². The molecule has 3 fully saturated rings. The normalized spacial score (nSPS) is 39.5. The molecule has 0 radical (unpaired) electrons. The van der Waals surface area contributed by atoms with Gasteiger partial charge in [-0.1, -0.05) is 17.7 Å². The van der Waals surface area contributed by atoms with E-state index in [1.807, 2.05) is 26.1 Å². The second-order valence-corrected chi connectivity index (χ2v) is 8.05. The van der Waals surface area contributed by atoms with Crippen LogP contribution in [0.15, 0.2) is 31.2 Å². The van der Waals surface area contributed by atoms with Crippen molar-refractivity contribution in [3.05, 3.63) is 36.4 Å². The highest BCUT2D eigenvalue weighted by Crippen LogP contribution is 2.68. The van der Waals surface area contributed by atoms with Crippen molar-refractivity contribution in [2.45, 2.75) is 50.7 Å². The third-order valence-corrected chi connectivity index (χ3v) is 6.47. The molecule has 2 saturated carbocycles. The first-order valence-electron chi connectivity index (χ1n) is 8.41. The minimum atomic E-state index is -0.644. The fraction of sp³-hybridized carbons (Fsp3) is 0.556. The first-order valence-corrected chi connectivity index (χ1v) is 8.79. The van der Waals surface area contributed by atoms with Gasteiger partial charge in [-0.3, -0.25) is 0 Å². The standard InChI is InChI=1S/C18H20ClN3O2/c1-4-17-7-5-11(17)9-18(15(17)23-16(2,3)24-18)22-8-6-12-13(19)20-10-21-14(12)22/h4,6,8,10-11,15H,1,5,7,9H2,2-3H3/t11-,15-,17-,18-/m1/s1. The van der Waals surface area contributed by atoms with Gasteiger partial charge >= 0.3 is 0 Å². The minimum Gasteiger partial charge on any atom is -0.341 e. The van der Waals surface area contributed by atoms with E-state index in [0.29, 0.717) is 11.1 Å². The summed E-state index contributed by atoms with van der Waals surface area (Å²) in [5.41, 5.74) is 0.209. The quantitative estimate of drug-likeness (QED) is 0.612. The van der Waals surface area contributed by atoms with Crippen LogP contribution in [0.4, 0.5) is 0 Å². The zero-order chi connectivity index (χ0) is 16.7. The van der Waals surface area contributed by atoms with E-state index in [0.717, 1.165) is 23.9 Å². The van der Waals surface area contributed by atoms with E-state index >= 15 is 0 Å². The lowest BCUT2D eigenvalue weighted by atomic mass is 9.61. The van der Waals surface area contributed by atoms with Gasteiger partial charge in [0.05, 0.1) is 5.39 Å². The van der Waals surface area contributed by atoms with E-state index in [4.69, 9.17) is 21.1 Å². The summed E-state index contributed by atoms with van der Waals surface area (Å²) in [5.74, 6) is -0.111. The van der Waals surface area contributed by atoms with Crippen LogP contribution < -0.4 is 0 Å². The molecule has 0 amide bonds. The molecular weight excluding hydrogens is 326 g/mol. The molecule has 0 unspecified atom stereocenters. The highest BCUT2D eigenvalue weighted by Gasteiger charge is 2.72.